The first-order valence-corrected chi connectivity index (χ1v) is 8.35. The highest BCUT2D eigenvalue weighted by Gasteiger charge is 2.45. The Morgan fingerprint density at radius 1 is 1.29 bits per heavy atom. The molecule has 0 radical (unpaired) electrons. The van der Waals surface area contributed by atoms with Crippen molar-refractivity contribution in [2.45, 2.75) is 64.7 Å². The second-order valence-corrected chi connectivity index (χ2v) is 6.94. The second-order valence-electron chi connectivity index (χ2n) is 6.94. The van der Waals surface area contributed by atoms with E-state index in [4.69, 9.17) is 10.9 Å². The highest BCUT2D eigenvalue weighted by Crippen LogP contribution is 2.38. The lowest BCUT2D eigenvalue weighted by Crippen LogP contribution is -2.48. The van der Waals surface area contributed by atoms with Crippen molar-refractivity contribution < 1.29 is 10.0 Å². The number of hydrogen-bond acceptors (Lipinski definition) is 3. The molecular formula is C16H29N3O2. The van der Waals surface area contributed by atoms with Gasteiger partial charge < -0.3 is 16.3 Å². The molecule has 2 aliphatic rings. The van der Waals surface area contributed by atoms with Crippen LogP contribution < -0.4 is 11.1 Å². The molecule has 2 saturated carbocycles. The Morgan fingerprint density at radius 2 is 1.90 bits per heavy atom. The normalized spacial score (nSPS) is 29.3. The summed E-state index contributed by atoms with van der Waals surface area (Å²) in [5.41, 5.74) is 5.02. The van der Waals surface area contributed by atoms with Crippen LogP contribution in [0, 0.1) is 17.3 Å². The minimum absolute atomic E-state index is 0.0560. The van der Waals surface area contributed by atoms with E-state index < -0.39 is 5.41 Å². The zero-order valence-electron chi connectivity index (χ0n) is 13.1. The number of amides is 1. The van der Waals surface area contributed by atoms with Gasteiger partial charge >= 0.3 is 0 Å². The maximum atomic E-state index is 12.5. The molecule has 0 aromatic carbocycles. The minimum atomic E-state index is -0.768. The molecule has 21 heavy (non-hydrogen) atoms. The maximum Gasteiger partial charge on any atom is 0.233 e. The van der Waals surface area contributed by atoms with Crippen LogP contribution in [0.2, 0.25) is 0 Å². The molecule has 0 atom stereocenters. The SMILES string of the molecule is CC1CCC(CCNC(=O)C2(C(N)=NO)CCCC2)CC1. The van der Waals surface area contributed by atoms with Crippen molar-refractivity contribution in [1.29, 1.82) is 0 Å². The van der Waals surface area contributed by atoms with E-state index in [2.05, 4.69) is 17.4 Å². The summed E-state index contributed by atoms with van der Waals surface area (Å²) in [6, 6.07) is 0. The van der Waals surface area contributed by atoms with E-state index >= 15 is 0 Å². The number of amidine groups is 1. The Kier molecular flexibility index (Phi) is 5.48. The number of carbonyl (C=O) groups is 1. The van der Waals surface area contributed by atoms with Gasteiger partial charge in [0.2, 0.25) is 5.91 Å². The first-order valence-electron chi connectivity index (χ1n) is 8.35. The largest absolute Gasteiger partial charge is 0.409 e. The standard InChI is InChI=1S/C16H29N3O2/c1-12-4-6-13(7-5-12)8-11-18-15(20)16(14(17)19-21)9-2-3-10-16/h12-13,21H,2-11H2,1H3,(H2,17,19)(H,18,20). The third-order valence-corrected chi connectivity index (χ3v) is 5.46. The van der Waals surface area contributed by atoms with Gasteiger partial charge in [0.1, 0.15) is 5.41 Å². The molecule has 0 spiro atoms. The van der Waals surface area contributed by atoms with E-state index in [1.807, 2.05) is 0 Å². The van der Waals surface area contributed by atoms with Crippen molar-refractivity contribution in [3.8, 4) is 0 Å². The molecule has 1 amide bonds. The van der Waals surface area contributed by atoms with E-state index in [0.29, 0.717) is 19.4 Å². The molecule has 5 heteroatoms. The predicted molar refractivity (Wildman–Crippen MR) is 83.1 cm³/mol. The molecule has 120 valence electrons. The van der Waals surface area contributed by atoms with Gasteiger partial charge in [-0.15, -0.1) is 0 Å². The smallest absolute Gasteiger partial charge is 0.233 e. The van der Waals surface area contributed by atoms with Gasteiger partial charge in [0.25, 0.3) is 0 Å². The van der Waals surface area contributed by atoms with E-state index in [1.165, 1.54) is 25.7 Å². The number of rotatable bonds is 5. The summed E-state index contributed by atoms with van der Waals surface area (Å²) in [5, 5.41) is 15.1. The lowest BCUT2D eigenvalue weighted by atomic mass is 9.81. The zero-order chi connectivity index (χ0) is 15.3. The van der Waals surface area contributed by atoms with Crippen LogP contribution in [0.5, 0.6) is 0 Å². The Morgan fingerprint density at radius 3 is 2.48 bits per heavy atom. The molecule has 0 aliphatic heterocycles. The van der Waals surface area contributed by atoms with Crippen LogP contribution in [-0.2, 0) is 4.79 Å². The number of nitrogens with one attached hydrogen (secondary N) is 1. The molecule has 5 nitrogen and oxygen atoms in total. The van der Waals surface area contributed by atoms with E-state index in [-0.39, 0.29) is 11.7 Å². The molecule has 2 aliphatic carbocycles. The van der Waals surface area contributed by atoms with Crippen LogP contribution in [0.3, 0.4) is 0 Å². The fraction of sp³-hybridized carbons (Fsp3) is 0.875. The van der Waals surface area contributed by atoms with Gasteiger partial charge in [-0.05, 0) is 31.1 Å². The first kappa shape index (κ1) is 16.1. The van der Waals surface area contributed by atoms with Crippen molar-refractivity contribution >= 4 is 11.7 Å². The van der Waals surface area contributed by atoms with Crippen LogP contribution in [0.25, 0.3) is 0 Å². The Bertz CT molecular complexity index is 381. The summed E-state index contributed by atoms with van der Waals surface area (Å²) < 4.78 is 0. The molecule has 4 N–H and O–H groups in total. The summed E-state index contributed by atoms with van der Waals surface area (Å²) in [6.45, 7) is 3.02. The van der Waals surface area contributed by atoms with Crippen LogP contribution >= 0.6 is 0 Å². The molecule has 0 aromatic rings. The molecule has 0 unspecified atom stereocenters. The van der Waals surface area contributed by atoms with Gasteiger partial charge in [-0.2, -0.15) is 0 Å². The number of carbonyl (C=O) groups excluding carboxylic acids is 1. The topological polar surface area (TPSA) is 87.7 Å². The second kappa shape index (κ2) is 7.14. The molecular weight excluding hydrogens is 266 g/mol. The lowest BCUT2D eigenvalue weighted by Gasteiger charge is -2.28. The average Bonchev–Trinajstić information content (AvgIpc) is 2.99. The van der Waals surface area contributed by atoms with Crippen LogP contribution in [0.15, 0.2) is 5.16 Å². The van der Waals surface area contributed by atoms with E-state index in [0.717, 1.165) is 31.1 Å². The van der Waals surface area contributed by atoms with Gasteiger partial charge in [0, 0.05) is 6.54 Å². The van der Waals surface area contributed by atoms with Crippen molar-refractivity contribution in [3.63, 3.8) is 0 Å². The van der Waals surface area contributed by atoms with Crippen LogP contribution in [-0.4, -0.2) is 23.5 Å². The van der Waals surface area contributed by atoms with Crippen molar-refractivity contribution in [2.24, 2.45) is 28.1 Å². The molecule has 0 aromatic heterocycles. The van der Waals surface area contributed by atoms with Crippen molar-refractivity contribution in [2.75, 3.05) is 6.54 Å². The Balaban J connectivity index is 1.80. The average molecular weight is 295 g/mol. The summed E-state index contributed by atoms with van der Waals surface area (Å²) in [5.74, 6) is 1.62. The molecule has 0 bridgehead atoms. The number of nitrogens with zero attached hydrogens (tertiary/aromatic N) is 1. The number of nitrogens with two attached hydrogens (primary N) is 1. The first-order chi connectivity index (χ1) is 10.1. The van der Waals surface area contributed by atoms with Gasteiger partial charge in [0.15, 0.2) is 5.84 Å². The number of hydrogen-bond donors (Lipinski definition) is 3. The highest BCUT2D eigenvalue weighted by atomic mass is 16.4. The third-order valence-electron chi connectivity index (χ3n) is 5.46. The monoisotopic (exact) mass is 295 g/mol. The zero-order valence-corrected chi connectivity index (χ0v) is 13.1. The molecule has 2 rings (SSSR count). The summed E-state index contributed by atoms with van der Waals surface area (Å²) in [7, 11) is 0. The van der Waals surface area contributed by atoms with Gasteiger partial charge in [-0.25, -0.2) is 0 Å². The summed E-state index contributed by atoms with van der Waals surface area (Å²) in [6.07, 6.45) is 9.54. The summed E-state index contributed by atoms with van der Waals surface area (Å²) in [4.78, 5) is 12.5. The summed E-state index contributed by atoms with van der Waals surface area (Å²) >= 11 is 0. The van der Waals surface area contributed by atoms with Gasteiger partial charge in [-0.3, -0.25) is 4.79 Å². The minimum Gasteiger partial charge on any atom is -0.409 e. The van der Waals surface area contributed by atoms with E-state index in [1.54, 1.807) is 0 Å². The molecule has 2 fully saturated rings. The van der Waals surface area contributed by atoms with Gasteiger partial charge in [0.05, 0.1) is 0 Å². The fourth-order valence-corrected chi connectivity index (χ4v) is 3.85. The van der Waals surface area contributed by atoms with Crippen LogP contribution in [0.1, 0.15) is 64.7 Å². The quantitative estimate of drug-likeness (QED) is 0.315. The highest BCUT2D eigenvalue weighted by molar-refractivity contribution is 6.07. The fourth-order valence-electron chi connectivity index (χ4n) is 3.85. The van der Waals surface area contributed by atoms with Crippen molar-refractivity contribution in [3.05, 3.63) is 0 Å². The van der Waals surface area contributed by atoms with Crippen molar-refractivity contribution in [1.82, 2.24) is 5.32 Å². The number of oxime groups is 1. The van der Waals surface area contributed by atoms with Gasteiger partial charge in [-0.1, -0.05) is 50.6 Å². The lowest BCUT2D eigenvalue weighted by molar-refractivity contribution is -0.127. The van der Waals surface area contributed by atoms with Crippen LogP contribution in [0.4, 0.5) is 0 Å². The predicted octanol–water partition coefficient (Wildman–Crippen LogP) is 2.63. The maximum absolute atomic E-state index is 12.5. The Hall–Kier alpha value is -1.26. The van der Waals surface area contributed by atoms with E-state index in [9.17, 15) is 4.79 Å². The molecule has 0 saturated heterocycles. The third kappa shape index (κ3) is 3.69. The Labute approximate surface area is 127 Å². The molecule has 0 heterocycles.